The van der Waals surface area contributed by atoms with E-state index in [-0.39, 0.29) is 41.1 Å². The van der Waals surface area contributed by atoms with Crippen molar-refractivity contribution >= 4 is 38.1 Å². The number of nitrogens with one attached hydrogen (secondary N) is 1. The summed E-state index contributed by atoms with van der Waals surface area (Å²) >= 11 is 0.644. The molecule has 0 aliphatic rings. The summed E-state index contributed by atoms with van der Waals surface area (Å²) in [4.78, 5) is 21.7. The van der Waals surface area contributed by atoms with Crippen molar-refractivity contribution in [1.29, 1.82) is 0 Å². The number of sulfonamides is 1. The second kappa shape index (κ2) is 11.2. The fraction of sp³-hybridized carbons (Fsp3) is 0.389. The largest absolute Gasteiger partial charge is 0.395 e. The van der Waals surface area contributed by atoms with E-state index >= 15 is 0 Å². The molecule has 2 aromatic rings. The topological polar surface area (TPSA) is 130 Å². The maximum Gasteiger partial charge on any atom is 0.280 e. The van der Waals surface area contributed by atoms with Gasteiger partial charge in [-0.1, -0.05) is 28.6 Å². The number of halogens is 1. The quantitative estimate of drug-likeness (QED) is 0.371. The van der Waals surface area contributed by atoms with E-state index in [0.717, 1.165) is 10.5 Å². The Labute approximate surface area is 183 Å². The number of anilines is 1. The van der Waals surface area contributed by atoms with Gasteiger partial charge in [-0.2, -0.15) is 8.70 Å². The molecule has 2 N–H and O–H groups in total. The van der Waals surface area contributed by atoms with Gasteiger partial charge in [0.15, 0.2) is 16.0 Å². The van der Waals surface area contributed by atoms with Crippen LogP contribution in [0.5, 0.6) is 0 Å². The van der Waals surface area contributed by atoms with Crippen molar-refractivity contribution in [2.75, 3.05) is 39.2 Å². The minimum atomic E-state index is -3.81. The van der Waals surface area contributed by atoms with Crippen molar-refractivity contribution in [1.82, 2.24) is 9.29 Å². The van der Waals surface area contributed by atoms with Crippen molar-refractivity contribution in [2.24, 2.45) is 5.16 Å². The molecule has 0 saturated heterocycles. The highest BCUT2D eigenvalue weighted by Crippen LogP contribution is 2.18. The van der Waals surface area contributed by atoms with E-state index in [0.29, 0.717) is 11.3 Å². The number of hydrogen-bond acceptors (Lipinski definition) is 9. The van der Waals surface area contributed by atoms with E-state index in [4.69, 9.17) is 14.7 Å². The summed E-state index contributed by atoms with van der Waals surface area (Å²) in [6, 6.07) is 5.40. The Hall–Kier alpha value is -2.45. The third-order valence-corrected chi connectivity index (χ3v) is 6.46. The van der Waals surface area contributed by atoms with E-state index in [9.17, 15) is 17.6 Å². The van der Waals surface area contributed by atoms with Gasteiger partial charge in [0, 0.05) is 26.3 Å². The van der Waals surface area contributed by atoms with Gasteiger partial charge in [0.1, 0.15) is 6.10 Å². The van der Waals surface area contributed by atoms with Gasteiger partial charge in [-0.05, 0) is 19.1 Å². The van der Waals surface area contributed by atoms with E-state index in [1.807, 2.05) is 0 Å². The molecule has 170 valence electrons. The zero-order chi connectivity index (χ0) is 23.0. The first-order chi connectivity index (χ1) is 14.7. The molecule has 0 saturated carbocycles. The van der Waals surface area contributed by atoms with Crippen LogP contribution < -0.4 is 5.32 Å². The monoisotopic (exact) mass is 474 g/mol. The Morgan fingerprint density at radius 2 is 2.06 bits per heavy atom. The molecule has 1 amide bonds. The average Bonchev–Trinajstić information content (AvgIpc) is 3.13. The van der Waals surface area contributed by atoms with Crippen LogP contribution in [0.3, 0.4) is 0 Å². The van der Waals surface area contributed by atoms with Crippen LogP contribution in [-0.2, 0) is 24.4 Å². The second-order valence-corrected chi connectivity index (χ2v) is 9.34. The Kier molecular flexibility index (Phi) is 9.00. The minimum Gasteiger partial charge on any atom is -0.395 e. The van der Waals surface area contributed by atoms with E-state index in [1.54, 1.807) is 6.92 Å². The summed E-state index contributed by atoms with van der Waals surface area (Å²) in [7, 11) is -0.975. The third kappa shape index (κ3) is 6.77. The van der Waals surface area contributed by atoms with Crippen molar-refractivity contribution in [3.8, 4) is 0 Å². The molecule has 1 aromatic carbocycles. The number of aliphatic hydroxyl groups is 1. The van der Waals surface area contributed by atoms with E-state index < -0.39 is 27.2 Å². The summed E-state index contributed by atoms with van der Waals surface area (Å²) in [5.74, 6) is -0.716. The lowest BCUT2D eigenvalue weighted by Crippen LogP contribution is -2.29. The normalized spacial score (nSPS) is 13.3. The Morgan fingerprint density at radius 3 is 2.61 bits per heavy atom. The lowest BCUT2D eigenvalue weighted by atomic mass is 10.1. The zero-order valence-electron chi connectivity index (χ0n) is 17.1. The number of oxime groups is 1. The number of aliphatic hydroxyl groups excluding tert-OH is 1. The van der Waals surface area contributed by atoms with Gasteiger partial charge in [-0.15, -0.1) is 0 Å². The number of carbonyl (C=O) groups excluding carboxylic acids is 1. The van der Waals surface area contributed by atoms with Gasteiger partial charge >= 0.3 is 0 Å². The van der Waals surface area contributed by atoms with Crippen molar-refractivity contribution in [2.45, 2.75) is 17.9 Å². The van der Waals surface area contributed by atoms with Crippen LogP contribution in [0.2, 0.25) is 0 Å². The number of methoxy groups -OCH3 is 1. The van der Waals surface area contributed by atoms with Gasteiger partial charge < -0.3 is 14.7 Å². The summed E-state index contributed by atoms with van der Waals surface area (Å²) in [5.41, 5.74) is 0.106. The lowest BCUT2D eigenvalue weighted by Gasteiger charge is -2.16. The molecule has 13 heteroatoms. The molecule has 1 atom stereocenters. The van der Waals surface area contributed by atoms with E-state index in [1.165, 1.54) is 38.4 Å². The summed E-state index contributed by atoms with van der Waals surface area (Å²) in [6.07, 6.45) is 0.508. The van der Waals surface area contributed by atoms with Crippen LogP contribution in [0.4, 0.5) is 9.52 Å². The van der Waals surface area contributed by atoms with Gasteiger partial charge in [0.25, 0.3) is 5.91 Å². The van der Waals surface area contributed by atoms with Crippen LogP contribution >= 0.6 is 11.3 Å². The molecule has 0 spiro atoms. The molecule has 1 aromatic heterocycles. The Balaban J connectivity index is 2.32. The number of rotatable bonds is 11. The van der Waals surface area contributed by atoms with Crippen LogP contribution in [-0.4, -0.2) is 74.5 Å². The highest BCUT2D eigenvalue weighted by atomic mass is 32.2. The predicted molar refractivity (Wildman–Crippen MR) is 113 cm³/mol. The van der Waals surface area contributed by atoms with Crippen molar-refractivity contribution in [3.63, 3.8) is 0 Å². The number of thiazole rings is 1. The molecule has 0 unspecified atom stereocenters. The molecule has 0 fully saturated rings. The van der Waals surface area contributed by atoms with Crippen molar-refractivity contribution in [3.05, 3.63) is 41.2 Å². The standard InChI is InChI=1S/C18H23FN4O6S2/c1-12(11-28-3)29-22-16(17(25)21-18-20-10-15(19)30-18)13-4-6-14(7-5-13)31(26,27)23(2)8-9-24/h4-7,10,12,24H,8-9,11H2,1-3H3,(H,20,21,25)/b22-16+/t12-/m1/s1. The predicted octanol–water partition coefficient (Wildman–Crippen LogP) is 1.29. The molecule has 0 radical (unpaired) electrons. The molecule has 10 nitrogen and oxygen atoms in total. The number of carbonyl (C=O) groups is 1. The zero-order valence-corrected chi connectivity index (χ0v) is 18.7. The first kappa shape index (κ1) is 24.8. The average molecular weight is 475 g/mol. The Morgan fingerprint density at radius 1 is 1.39 bits per heavy atom. The smallest absolute Gasteiger partial charge is 0.280 e. The molecule has 1 heterocycles. The Bertz CT molecular complexity index is 1010. The van der Waals surface area contributed by atoms with Gasteiger partial charge in [-0.3, -0.25) is 10.1 Å². The molecule has 0 bridgehead atoms. The van der Waals surface area contributed by atoms with Crippen LogP contribution in [0.15, 0.2) is 40.5 Å². The minimum absolute atomic E-state index is 0.0253. The number of benzene rings is 1. The first-order valence-electron chi connectivity index (χ1n) is 9.02. The second-order valence-electron chi connectivity index (χ2n) is 6.31. The number of nitrogens with zero attached hydrogens (tertiary/aromatic N) is 3. The van der Waals surface area contributed by atoms with Gasteiger partial charge in [0.05, 0.1) is 24.3 Å². The number of aromatic nitrogens is 1. The fourth-order valence-electron chi connectivity index (χ4n) is 2.33. The molecule has 0 aliphatic carbocycles. The lowest BCUT2D eigenvalue weighted by molar-refractivity contribution is -0.110. The van der Waals surface area contributed by atoms with Gasteiger partial charge in [-0.25, -0.2) is 13.4 Å². The first-order valence-corrected chi connectivity index (χ1v) is 11.3. The van der Waals surface area contributed by atoms with Crippen LogP contribution in [0.25, 0.3) is 0 Å². The van der Waals surface area contributed by atoms with Crippen LogP contribution in [0, 0.1) is 5.13 Å². The highest BCUT2D eigenvalue weighted by molar-refractivity contribution is 7.89. The van der Waals surface area contributed by atoms with Crippen LogP contribution in [0.1, 0.15) is 12.5 Å². The highest BCUT2D eigenvalue weighted by Gasteiger charge is 2.22. The number of hydrogen-bond donors (Lipinski definition) is 2. The summed E-state index contributed by atoms with van der Waals surface area (Å²) in [6.45, 7) is 1.53. The molecular formula is C18H23FN4O6S2. The SMILES string of the molecule is COC[C@@H](C)O/N=C(/C(=O)Nc1ncc(F)s1)c1ccc(S(=O)(=O)N(C)CCO)cc1. The maximum absolute atomic E-state index is 13.2. The number of amides is 1. The molecule has 0 aliphatic heterocycles. The van der Waals surface area contributed by atoms with Crippen molar-refractivity contribution < 1.29 is 32.3 Å². The van der Waals surface area contributed by atoms with E-state index in [2.05, 4.69) is 15.5 Å². The summed E-state index contributed by atoms with van der Waals surface area (Å²) in [5, 5.41) is 14.8. The molecule has 2 rings (SSSR count). The maximum atomic E-state index is 13.2. The summed E-state index contributed by atoms with van der Waals surface area (Å²) < 4.78 is 44.1. The molecular weight excluding hydrogens is 451 g/mol. The molecule has 31 heavy (non-hydrogen) atoms. The van der Waals surface area contributed by atoms with Gasteiger partial charge in [0.2, 0.25) is 10.0 Å². The number of ether oxygens (including phenoxy) is 1. The third-order valence-electron chi connectivity index (χ3n) is 3.89. The fourth-order valence-corrected chi connectivity index (χ4v) is 4.03. The number of likely N-dealkylation sites (N-methyl/N-ethyl adjacent to an activating group) is 1.